The molecule has 0 saturated carbocycles. The lowest BCUT2D eigenvalue weighted by Crippen LogP contribution is -2.23. The molecule has 21 heavy (non-hydrogen) atoms. The van der Waals surface area contributed by atoms with Crippen molar-refractivity contribution in [2.45, 2.75) is 6.18 Å². The van der Waals surface area contributed by atoms with Gasteiger partial charge in [-0.05, 0) is 12.1 Å². The van der Waals surface area contributed by atoms with Crippen molar-refractivity contribution < 1.29 is 18.0 Å². The molecule has 1 N–H and O–H groups in total. The van der Waals surface area contributed by atoms with Gasteiger partial charge in [0.1, 0.15) is 0 Å². The van der Waals surface area contributed by atoms with Gasteiger partial charge >= 0.3 is 6.18 Å². The van der Waals surface area contributed by atoms with Crippen LogP contribution in [-0.4, -0.2) is 20.7 Å². The van der Waals surface area contributed by atoms with E-state index in [1.54, 1.807) is 6.04 Å². The Balaban J connectivity index is 2.67. The summed E-state index contributed by atoms with van der Waals surface area (Å²) in [7, 11) is 0. The van der Waals surface area contributed by atoms with Crippen molar-refractivity contribution in [3.05, 3.63) is 40.8 Å². The Morgan fingerprint density at radius 1 is 1.48 bits per heavy atom. The highest BCUT2D eigenvalue weighted by atomic mass is 35.5. The largest absolute Gasteiger partial charge is 0.434 e. The predicted octanol–water partition coefficient (Wildman–Crippen LogP) is 2.26. The van der Waals surface area contributed by atoms with Crippen LogP contribution in [0.5, 0.6) is 0 Å². The van der Waals surface area contributed by atoms with Gasteiger partial charge in [-0.2, -0.15) is 18.3 Å². The van der Waals surface area contributed by atoms with E-state index in [0.717, 1.165) is 6.20 Å². The van der Waals surface area contributed by atoms with Gasteiger partial charge in [0.05, 0.1) is 16.8 Å². The van der Waals surface area contributed by atoms with Crippen molar-refractivity contribution in [1.29, 1.82) is 0 Å². The van der Waals surface area contributed by atoms with Crippen LogP contribution in [0.25, 0.3) is 5.82 Å². The van der Waals surface area contributed by atoms with E-state index >= 15 is 0 Å². The van der Waals surface area contributed by atoms with E-state index in [0.29, 0.717) is 4.68 Å². The minimum absolute atomic E-state index is 0.0463. The molecule has 0 bridgehead atoms. The fraction of sp³-hybridized carbons (Fsp3) is 0.0833. The molecule has 5 nitrogen and oxygen atoms in total. The molecule has 0 radical (unpaired) electrons. The van der Waals surface area contributed by atoms with Crippen molar-refractivity contribution in [2.24, 2.45) is 0 Å². The number of halogens is 4. The summed E-state index contributed by atoms with van der Waals surface area (Å²) in [5.41, 5.74) is -2.03. The Hall–Kier alpha value is -2.53. The summed E-state index contributed by atoms with van der Waals surface area (Å²) in [4.78, 5) is 15.3. The lowest BCUT2D eigenvalue weighted by Gasteiger charge is -2.12. The van der Waals surface area contributed by atoms with Crippen LogP contribution in [0.2, 0.25) is 5.02 Å². The van der Waals surface area contributed by atoms with Gasteiger partial charge in [0.2, 0.25) is 0 Å². The van der Waals surface area contributed by atoms with Crippen molar-refractivity contribution in [2.75, 3.05) is 0 Å². The van der Waals surface area contributed by atoms with E-state index in [4.69, 9.17) is 18.0 Å². The van der Waals surface area contributed by atoms with Crippen LogP contribution < -0.4 is 5.32 Å². The van der Waals surface area contributed by atoms with E-state index in [-0.39, 0.29) is 10.8 Å². The second-order valence-corrected chi connectivity index (χ2v) is 4.13. The van der Waals surface area contributed by atoms with Crippen molar-refractivity contribution in [1.82, 2.24) is 20.1 Å². The first kappa shape index (κ1) is 14.9. The molecule has 0 aliphatic rings. The molecule has 1 amide bonds. The van der Waals surface area contributed by atoms with Crippen LogP contribution in [-0.2, 0) is 6.18 Å². The SMILES string of the molecule is C#CNC(=O)c1cnn(-c2ncccc2Cl)c1C(F)(F)F. The monoisotopic (exact) mass is 314 g/mol. The van der Waals surface area contributed by atoms with Crippen molar-refractivity contribution >= 4 is 17.5 Å². The highest BCUT2D eigenvalue weighted by Crippen LogP contribution is 2.34. The zero-order chi connectivity index (χ0) is 15.6. The molecular formula is C12H6ClF3N4O. The Morgan fingerprint density at radius 3 is 2.76 bits per heavy atom. The van der Waals surface area contributed by atoms with Crippen LogP contribution in [0, 0.1) is 12.5 Å². The number of pyridine rings is 1. The molecule has 2 aromatic heterocycles. The molecule has 0 atom stereocenters. The van der Waals surface area contributed by atoms with E-state index in [9.17, 15) is 18.0 Å². The summed E-state index contributed by atoms with van der Waals surface area (Å²) in [6.45, 7) is 0. The molecule has 0 spiro atoms. The van der Waals surface area contributed by atoms with E-state index < -0.39 is 23.3 Å². The molecule has 2 aromatic rings. The number of aromatic nitrogens is 3. The number of carbonyl (C=O) groups excluding carboxylic acids is 1. The number of terminal acetylenes is 1. The molecule has 0 aliphatic carbocycles. The highest BCUT2D eigenvalue weighted by Gasteiger charge is 2.41. The third kappa shape index (κ3) is 2.83. The normalized spacial score (nSPS) is 11.0. The van der Waals surface area contributed by atoms with E-state index in [1.807, 2.05) is 5.32 Å². The molecule has 2 rings (SSSR count). The third-order valence-electron chi connectivity index (χ3n) is 2.41. The minimum atomic E-state index is -4.85. The van der Waals surface area contributed by atoms with Gasteiger partial charge in [-0.15, -0.1) is 0 Å². The fourth-order valence-electron chi connectivity index (χ4n) is 1.61. The Labute approximate surface area is 121 Å². The summed E-state index contributed by atoms with van der Waals surface area (Å²) in [6.07, 6.45) is 2.00. The smallest absolute Gasteiger partial charge is 0.281 e. The van der Waals surface area contributed by atoms with Gasteiger partial charge in [0, 0.05) is 12.2 Å². The predicted molar refractivity (Wildman–Crippen MR) is 67.7 cm³/mol. The summed E-state index contributed by atoms with van der Waals surface area (Å²) >= 11 is 5.81. The Bertz CT molecular complexity index is 733. The summed E-state index contributed by atoms with van der Waals surface area (Å²) in [5, 5.41) is 5.33. The standard InChI is InChI=1S/C12H6ClF3N4O/c1-2-17-11(21)7-6-19-20(9(7)12(14,15)16)10-8(13)4-3-5-18-10/h1,3-6H,(H,17,21). The molecule has 108 valence electrons. The molecule has 9 heteroatoms. The summed E-state index contributed by atoms with van der Waals surface area (Å²) < 4.78 is 40.0. The Morgan fingerprint density at radius 2 is 2.19 bits per heavy atom. The summed E-state index contributed by atoms with van der Waals surface area (Å²) in [6, 6.07) is 4.57. The maximum Gasteiger partial charge on any atom is 0.434 e. The second kappa shape index (κ2) is 5.46. The number of nitrogens with zero attached hydrogens (tertiary/aromatic N) is 3. The molecule has 0 unspecified atom stereocenters. The average molecular weight is 315 g/mol. The lowest BCUT2D eigenvalue weighted by atomic mass is 10.2. The first-order valence-corrected chi connectivity index (χ1v) is 5.76. The van der Waals surface area contributed by atoms with Crippen LogP contribution in [0.1, 0.15) is 16.1 Å². The minimum Gasteiger partial charge on any atom is -0.281 e. The molecule has 0 fully saturated rings. The zero-order valence-corrected chi connectivity index (χ0v) is 10.9. The lowest BCUT2D eigenvalue weighted by molar-refractivity contribution is -0.143. The second-order valence-electron chi connectivity index (χ2n) is 3.72. The quantitative estimate of drug-likeness (QED) is 0.683. The van der Waals surface area contributed by atoms with E-state index in [1.165, 1.54) is 18.3 Å². The van der Waals surface area contributed by atoms with Gasteiger partial charge in [0.15, 0.2) is 11.5 Å². The first-order chi connectivity index (χ1) is 9.86. The van der Waals surface area contributed by atoms with Crippen LogP contribution in [0.15, 0.2) is 24.5 Å². The maximum atomic E-state index is 13.2. The topological polar surface area (TPSA) is 59.8 Å². The van der Waals surface area contributed by atoms with Gasteiger partial charge in [0.25, 0.3) is 5.91 Å². The van der Waals surface area contributed by atoms with Gasteiger partial charge in [-0.1, -0.05) is 18.0 Å². The van der Waals surface area contributed by atoms with Crippen molar-refractivity contribution in [3.8, 4) is 18.3 Å². The fourth-order valence-corrected chi connectivity index (χ4v) is 1.82. The van der Waals surface area contributed by atoms with Gasteiger partial charge in [-0.3, -0.25) is 10.1 Å². The van der Waals surface area contributed by atoms with Crippen LogP contribution in [0.3, 0.4) is 0 Å². The van der Waals surface area contributed by atoms with Gasteiger partial charge in [-0.25, -0.2) is 9.67 Å². The number of rotatable bonds is 2. The average Bonchev–Trinajstić information content (AvgIpc) is 2.84. The summed E-state index contributed by atoms with van der Waals surface area (Å²) in [5.74, 6) is -1.34. The number of nitrogens with one attached hydrogen (secondary N) is 1. The van der Waals surface area contributed by atoms with E-state index in [2.05, 4.69) is 10.1 Å². The third-order valence-corrected chi connectivity index (χ3v) is 2.70. The highest BCUT2D eigenvalue weighted by molar-refractivity contribution is 6.32. The van der Waals surface area contributed by atoms with Crippen LogP contribution in [0.4, 0.5) is 13.2 Å². The zero-order valence-electron chi connectivity index (χ0n) is 10.1. The number of hydrogen-bond donors (Lipinski definition) is 1. The molecule has 0 aromatic carbocycles. The molecule has 2 heterocycles. The molecule has 0 aliphatic heterocycles. The maximum absolute atomic E-state index is 13.2. The van der Waals surface area contributed by atoms with Crippen LogP contribution >= 0.6 is 11.6 Å². The first-order valence-electron chi connectivity index (χ1n) is 5.38. The molecule has 0 saturated heterocycles. The van der Waals surface area contributed by atoms with Gasteiger partial charge < -0.3 is 0 Å². The molecular weight excluding hydrogens is 309 g/mol. The van der Waals surface area contributed by atoms with Crippen molar-refractivity contribution in [3.63, 3.8) is 0 Å². The number of alkyl halides is 3. The number of carbonyl (C=O) groups is 1. The Kier molecular flexibility index (Phi) is 3.86. The number of hydrogen-bond acceptors (Lipinski definition) is 3. The number of amides is 1.